The Morgan fingerprint density at radius 2 is 1.76 bits per heavy atom. The zero-order chi connectivity index (χ0) is 15.0. The third kappa shape index (κ3) is 2.91. The number of alkyl halides is 3. The highest BCUT2D eigenvalue weighted by atomic mass is 32.1. The summed E-state index contributed by atoms with van der Waals surface area (Å²) in [5.41, 5.74) is 1.98. The molecule has 0 atom stereocenters. The topological polar surface area (TPSA) is 12.9 Å². The molecule has 21 heavy (non-hydrogen) atoms. The largest absolute Gasteiger partial charge is 0.416 e. The third-order valence-corrected chi connectivity index (χ3v) is 4.53. The van der Waals surface area contributed by atoms with Gasteiger partial charge in [0.25, 0.3) is 0 Å². The normalized spacial score (nSPS) is 12.0. The van der Waals surface area contributed by atoms with Crippen molar-refractivity contribution in [1.29, 1.82) is 0 Å². The van der Waals surface area contributed by atoms with Gasteiger partial charge in [0.2, 0.25) is 0 Å². The predicted octanol–water partition coefficient (Wildman–Crippen LogP) is 5.41. The van der Waals surface area contributed by atoms with Crippen LogP contribution in [0.15, 0.2) is 42.5 Å². The zero-order valence-electron chi connectivity index (χ0n) is 10.7. The molecule has 0 fully saturated rings. The van der Waals surface area contributed by atoms with Gasteiger partial charge in [0.05, 0.1) is 15.8 Å². The Morgan fingerprint density at radius 3 is 2.38 bits per heavy atom. The van der Waals surface area contributed by atoms with Gasteiger partial charge in [-0.15, -0.1) is 11.3 Å². The fourth-order valence-electron chi connectivity index (χ4n) is 1.99. The van der Waals surface area contributed by atoms with Crippen LogP contribution in [0.5, 0.6) is 0 Å². The van der Waals surface area contributed by atoms with E-state index in [1.54, 1.807) is 0 Å². The molecule has 108 valence electrons. The van der Waals surface area contributed by atoms with Gasteiger partial charge in [-0.2, -0.15) is 25.8 Å². The van der Waals surface area contributed by atoms with Gasteiger partial charge in [-0.25, -0.2) is 4.98 Å². The number of halogens is 3. The van der Waals surface area contributed by atoms with Gasteiger partial charge in [-0.3, -0.25) is 0 Å². The zero-order valence-corrected chi connectivity index (χ0v) is 12.4. The average Bonchev–Trinajstić information content (AvgIpc) is 2.89. The Hall–Kier alpha value is -1.53. The summed E-state index contributed by atoms with van der Waals surface area (Å²) < 4.78 is 38.7. The molecule has 0 radical (unpaired) electrons. The third-order valence-electron chi connectivity index (χ3n) is 3.09. The van der Waals surface area contributed by atoms with Crippen LogP contribution in [0.2, 0.25) is 0 Å². The van der Waals surface area contributed by atoms with Crippen molar-refractivity contribution in [3.63, 3.8) is 0 Å². The van der Waals surface area contributed by atoms with Crippen molar-refractivity contribution >= 4 is 34.2 Å². The van der Waals surface area contributed by atoms with Gasteiger partial charge in [0.15, 0.2) is 0 Å². The summed E-state index contributed by atoms with van der Waals surface area (Å²) in [5.74, 6) is 0.642. The van der Waals surface area contributed by atoms with Crippen LogP contribution in [0.1, 0.15) is 11.1 Å². The lowest BCUT2D eigenvalue weighted by Crippen LogP contribution is -2.03. The van der Waals surface area contributed by atoms with Crippen LogP contribution < -0.4 is 0 Å². The first kappa shape index (κ1) is 14.4. The lowest BCUT2D eigenvalue weighted by Gasteiger charge is -2.06. The lowest BCUT2D eigenvalue weighted by atomic mass is 10.1. The molecular formula is C15H10F3NS2. The van der Waals surface area contributed by atoms with Crippen LogP contribution in [0.3, 0.4) is 0 Å². The molecule has 0 aliphatic rings. The fourth-order valence-corrected chi connectivity index (χ4v) is 3.22. The van der Waals surface area contributed by atoms with Crippen molar-refractivity contribution in [2.45, 2.75) is 11.9 Å². The van der Waals surface area contributed by atoms with Crippen molar-refractivity contribution in [3.05, 3.63) is 53.6 Å². The van der Waals surface area contributed by atoms with Crippen LogP contribution in [0.4, 0.5) is 13.2 Å². The lowest BCUT2D eigenvalue weighted by molar-refractivity contribution is -0.137. The fraction of sp³-hybridized carbons (Fsp3) is 0.133. The molecule has 1 heterocycles. The SMILES string of the molecule is FC(F)(F)c1ccc(-c2nc3ccc(CS)cc3s2)cc1. The van der Waals surface area contributed by atoms with E-state index in [0.717, 1.165) is 32.9 Å². The maximum Gasteiger partial charge on any atom is 0.416 e. The Balaban J connectivity index is 2.00. The van der Waals surface area contributed by atoms with E-state index in [9.17, 15) is 13.2 Å². The van der Waals surface area contributed by atoms with Crippen LogP contribution in [0.25, 0.3) is 20.8 Å². The average molecular weight is 325 g/mol. The van der Waals surface area contributed by atoms with Crippen molar-refractivity contribution in [3.8, 4) is 10.6 Å². The van der Waals surface area contributed by atoms with E-state index in [1.165, 1.54) is 23.5 Å². The van der Waals surface area contributed by atoms with E-state index in [-0.39, 0.29) is 0 Å². The number of hydrogen-bond acceptors (Lipinski definition) is 3. The number of thiol groups is 1. The van der Waals surface area contributed by atoms with Crippen molar-refractivity contribution in [1.82, 2.24) is 4.98 Å². The van der Waals surface area contributed by atoms with Gasteiger partial charge < -0.3 is 0 Å². The molecule has 3 aromatic rings. The van der Waals surface area contributed by atoms with Gasteiger partial charge in [-0.05, 0) is 29.8 Å². The molecule has 6 heteroatoms. The van der Waals surface area contributed by atoms with E-state index in [4.69, 9.17) is 0 Å². The molecule has 0 bridgehead atoms. The van der Waals surface area contributed by atoms with Gasteiger partial charge >= 0.3 is 6.18 Å². The second-order valence-electron chi connectivity index (χ2n) is 4.55. The molecule has 1 nitrogen and oxygen atoms in total. The van der Waals surface area contributed by atoms with Crippen molar-refractivity contribution in [2.24, 2.45) is 0 Å². The summed E-state index contributed by atoms with van der Waals surface area (Å²) in [7, 11) is 0. The standard InChI is InChI=1S/C15H10F3NS2/c16-15(17,18)11-4-2-10(3-5-11)14-19-12-6-1-9(8-20)7-13(12)21-14/h1-7,20H,8H2. The number of fused-ring (bicyclic) bond motifs is 1. The summed E-state index contributed by atoms with van der Waals surface area (Å²) in [5, 5.41) is 0.718. The first-order valence-corrected chi connectivity index (χ1v) is 7.60. The molecule has 0 saturated carbocycles. The highest BCUT2D eigenvalue weighted by Gasteiger charge is 2.30. The van der Waals surface area contributed by atoms with E-state index in [0.29, 0.717) is 11.3 Å². The second-order valence-corrected chi connectivity index (χ2v) is 5.90. The minimum atomic E-state index is -4.31. The van der Waals surface area contributed by atoms with Crippen LogP contribution >= 0.6 is 24.0 Å². The smallest absolute Gasteiger partial charge is 0.236 e. The van der Waals surface area contributed by atoms with Crippen molar-refractivity contribution < 1.29 is 13.2 Å². The Bertz CT molecular complexity index is 776. The first-order chi connectivity index (χ1) is 9.97. The van der Waals surface area contributed by atoms with E-state index in [2.05, 4.69) is 17.6 Å². The second kappa shape index (κ2) is 5.35. The Kier molecular flexibility index (Phi) is 3.67. The van der Waals surface area contributed by atoms with Gasteiger partial charge in [0, 0.05) is 11.3 Å². The first-order valence-electron chi connectivity index (χ1n) is 6.15. The summed E-state index contributed by atoms with van der Waals surface area (Å²) in [6, 6.07) is 10.9. The summed E-state index contributed by atoms with van der Waals surface area (Å²) in [6.45, 7) is 0. The monoisotopic (exact) mass is 325 g/mol. The maximum atomic E-state index is 12.6. The molecule has 0 unspecified atom stereocenters. The van der Waals surface area contributed by atoms with E-state index in [1.807, 2.05) is 18.2 Å². The number of aromatic nitrogens is 1. The molecule has 0 spiro atoms. The minimum absolute atomic E-state index is 0.642. The highest BCUT2D eigenvalue weighted by molar-refractivity contribution is 7.79. The molecular weight excluding hydrogens is 315 g/mol. The Morgan fingerprint density at radius 1 is 1.05 bits per heavy atom. The quantitative estimate of drug-likeness (QED) is 0.621. The highest BCUT2D eigenvalue weighted by Crippen LogP contribution is 2.34. The Labute approximate surface area is 128 Å². The number of benzene rings is 2. The molecule has 0 aliphatic carbocycles. The van der Waals surface area contributed by atoms with Crippen LogP contribution in [0, 0.1) is 0 Å². The predicted molar refractivity (Wildman–Crippen MR) is 82.7 cm³/mol. The molecule has 0 saturated heterocycles. The van der Waals surface area contributed by atoms with Crippen LogP contribution in [-0.4, -0.2) is 4.98 Å². The summed E-state index contributed by atoms with van der Waals surface area (Å²) >= 11 is 5.70. The number of nitrogens with zero attached hydrogens (tertiary/aromatic N) is 1. The maximum absolute atomic E-state index is 12.6. The number of hydrogen-bond donors (Lipinski definition) is 1. The number of thiazole rings is 1. The van der Waals surface area contributed by atoms with E-state index < -0.39 is 11.7 Å². The molecule has 1 aromatic heterocycles. The van der Waals surface area contributed by atoms with E-state index >= 15 is 0 Å². The number of rotatable bonds is 2. The van der Waals surface area contributed by atoms with Gasteiger partial charge in [0.1, 0.15) is 5.01 Å². The molecule has 3 rings (SSSR count). The summed E-state index contributed by atoms with van der Waals surface area (Å²) in [4.78, 5) is 4.46. The molecule has 2 aromatic carbocycles. The molecule has 0 N–H and O–H groups in total. The minimum Gasteiger partial charge on any atom is -0.236 e. The van der Waals surface area contributed by atoms with Crippen molar-refractivity contribution in [2.75, 3.05) is 0 Å². The molecule has 0 amide bonds. The van der Waals surface area contributed by atoms with Gasteiger partial charge in [-0.1, -0.05) is 18.2 Å². The summed E-state index contributed by atoms with van der Waals surface area (Å²) in [6.07, 6.45) is -4.31. The molecule has 0 aliphatic heterocycles. The van der Waals surface area contributed by atoms with Crippen LogP contribution in [-0.2, 0) is 11.9 Å².